The van der Waals surface area contributed by atoms with Crippen LogP contribution in [0.25, 0.3) is 22.3 Å². The van der Waals surface area contributed by atoms with Gasteiger partial charge in [-0.3, -0.25) is 0 Å². The molecule has 0 atom stereocenters. The first-order chi connectivity index (χ1) is 13.8. The fourth-order valence-corrected chi connectivity index (χ4v) is 2.63. The molecule has 0 N–H and O–H groups in total. The zero-order valence-electron chi connectivity index (χ0n) is 15.0. The minimum absolute atomic E-state index is 0.172. The van der Waals surface area contributed by atoms with Crippen LogP contribution in [0.5, 0.6) is 0 Å². The van der Waals surface area contributed by atoms with Gasteiger partial charge in [0.15, 0.2) is 0 Å². The summed E-state index contributed by atoms with van der Waals surface area (Å²) >= 11 is 4.50. The van der Waals surface area contributed by atoms with Crippen LogP contribution in [0.2, 0.25) is 0 Å². The Morgan fingerprint density at radius 1 is 0.393 bits per heavy atom. The van der Waals surface area contributed by atoms with Crippen molar-refractivity contribution < 1.29 is 8.78 Å². The molecular formula is C24H20F2Se2. The fourth-order valence-electron chi connectivity index (χ4n) is 2.63. The molecule has 0 heterocycles. The Labute approximate surface area is 179 Å². The van der Waals surface area contributed by atoms with Crippen LogP contribution in [0.15, 0.2) is 109 Å². The van der Waals surface area contributed by atoms with E-state index in [9.17, 15) is 8.78 Å². The quantitative estimate of drug-likeness (QED) is 0.308. The molecule has 0 fully saturated rings. The maximum absolute atomic E-state index is 13.3. The summed E-state index contributed by atoms with van der Waals surface area (Å²) in [6, 6.07) is 32.6. The first-order valence-corrected chi connectivity index (χ1v) is 13.8. The normalized spacial score (nSPS) is 9.43. The Kier molecular flexibility index (Phi) is 9.68. The van der Waals surface area contributed by atoms with E-state index in [-0.39, 0.29) is 11.6 Å². The Bertz CT molecular complexity index is 877. The molecule has 0 radical (unpaired) electrons. The van der Waals surface area contributed by atoms with Crippen molar-refractivity contribution in [2.45, 2.75) is 0 Å². The number of hydrogen-bond donors (Lipinski definition) is 0. The van der Waals surface area contributed by atoms with E-state index in [0.29, 0.717) is 11.1 Å². The molecule has 0 bridgehead atoms. The molecule has 0 amide bonds. The van der Waals surface area contributed by atoms with Crippen LogP contribution < -0.4 is 0 Å². The summed E-state index contributed by atoms with van der Waals surface area (Å²) in [6.45, 7) is 0. The molecule has 0 saturated heterocycles. The standard InChI is InChI=1S/2C12H9F.H2Se2/c2*13-12-9-5-4-8-11(12)10-6-2-1-3-7-10;1-2/h2*1-9H;1-2H. The van der Waals surface area contributed by atoms with Gasteiger partial charge < -0.3 is 0 Å². The average Bonchev–Trinajstić information content (AvgIpc) is 2.77. The molecule has 0 aliphatic carbocycles. The molecule has 4 rings (SSSR count). The fraction of sp³-hybridized carbons (Fsp3) is 0. The van der Waals surface area contributed by atoms with Gasteiger partial charge in [0.25, 0.3) is 0 Å². The molecule has 0 spiro atoms. The molecule has 0 aliphatic heterocycles. The van der Waals surface area contributed by atoms with Gasteiger partial charge in [0.05, 0.1) is 0 Å². The second-order valence-electron chi connectivity index (χ2n) is 5.69. The number of halogens is 2. The summed E-state index contributed by atoms with van der Waals surface area (Å²) in [4.78, 5) is 0. The molecule has 4 aromatic rings. The van der Waals surface area contributed by atoms with Crippen LogP contribution in [-0.4, -0.2) is 28.4 Å². The van der Waals surface area contributed by atoms with E-state index in [0.717, 1.165) is 11.1 Å². The Balaban J connectivity index is 0.000000184. The topological polar surface area (TPSA) is 0 Å². The van der Waals surface area contributed by atoms with Crippen LogP contribution in [-0.2, 0) is 0 Å². The van der Waals surface area contributed by atoms with Gasteiger partial charge in [-0.1, -0.05) is 97.1 Å². The summed E-state index contributed by atoms with van der Waals surface area (Å²) < 4.78 is 26.6. The molecule has 4 heteroatoms. The van der Waals surface area contributed by atoms with Crippen molar-refractivity contribution in [1.29, 1.82) is 0 Å². The molecular weight excluding hydrogens is 484 g/mol. The van der Waals surface area contributed by atoms with Crippen molar-refractivity contribution >= 4 is 28.4 Å². The molecule has 28 heavy (non-hydrogen) atoms. The molecule has 0 saturated carbocycles. The molecule has 0 unspecified atom stereocenters. The minimum atomic E-state index is -0.172. The monoisotopic (exact) mass is 506 g/mol. The summed E-state index contributed by atoms with van der Waals surface area (Å²) in [5, 5.41) is 0. The first kappa shape index (κ1) is 22.1. The van der Waals surface area contributed by atoms with Gasteiger partial charge in [-0.25, -0.2) is 8.78 Å². The molecule has 142 valence electrons. The van der Waals surface area contributed by atoms with Crippen LogP contribution in [0.3, 0.4) is 0 Å². The van der Waals surface area contributed by atoms with Gasteiger partial charge in [0, 0.05) is 11.1 Å². The third kappa shape index (κ3) is 6.44. The van der Waals surface area contributed by atoms with Crippen molar-refractivity contribution in [3.05, 3.63) is 121 Å². The Morgan fingerprint density at radius 2 is 0.679 bits per heavy atom. The van der Waals surface area contributed by atoms with E-state index in [1.54, 1.807) is 24.3 Å². The summed E-state index contributed by atoms with van der Waals surface area (Å²) in [5.41, 5.74) is 3.15. The van der Waals surface area contributed by atoms with Crippen LogP contribution >= 0.6 is 0 Å². The van der Waals surface area contributed by atoms with Crippen LogP contribution in [0.1, 0.15) is 0 Å². The van der Waals surface area contributed by atoms with Gasteiger partial charge in [0.1, 0.15) is 11.6 Å². The van der Waals surface area contributed by atoms with Crippen molar-refractivity contribution in [3.8, 4) is 22.3 Å². The SMILES string of the molecule is Fc1ccccc1-c1ccccc1.Fc1ccccc1-c1ccccc1.[SeH][SeH]. The average molecular weight is 504 g/mol. The Hall–Kier alpha value is -2.22. The second-order valence-corrected chi connectivity index (χ2v) is 5.69. The van der Waals surface area contributed by atoms with E-state index < -0.39 is 0 Å². The molecule has 4 aromatic carbocycles. The third-order valence-corrected chi connectivity index (χ3v) is 3.92. The Morgan fingerprint density at radius 3 is 1.00 bits per heavy atom. The predicted octanol–water partition coefficient (Wildman–Crippen LogP) is 5.69. The second kappa shape index (κ2) is 12.3. The first-order valence-electron chi connectivity index (χ1n) is 8.55. The van der Waals surface area contributed by atoms with E-state index in [1.165, 1.54) is 12.1 Å². The number of benzene rings is 4. The molecule has 0 nitrogen and oxygen atoms in total. The summed E-state index contributed by atoms with van der Waals surface area (Å²) in [7, 11) is 0. The summed E-state index contributed by atoms with van der Waals surface area (Å²) in [6.07, 6.45) is 0. The van der Waals surface area contributed by atoms with Gasteiger partial charge >= 0.3 is 28.4 Å². The van der Waals surface area contributed by atoms with Crippen LogP contribution in [0.4, 0.5) is 8.78 Å². The van der Waals surface area contributed by atoms with Gasteiger partial charge in [0.2, 0.25) is 0 Å². The van der Waals surface area contributed by atoms with Crippen LogP contribution in [0, 0.1) is 11.6 Å². The third-order valence-electron chi connectivity index (χ3n) is 3.92. The zero-order valence-corrected chi connectivity index (χ0v) is 18.8. The molecule has 0 aromatic heterocycles. The zero-order chi connectivity index (χ0) is 20.2. The van der Waals surface area contributed by atoms with Gasteiger partial charge in [-0.05, 0) is 23.3 Å². The van der Waals surface area contributed by atoms with Gasteiger partial charge in [-0.2, -0.15) is 0 Å². The van der Waals surface area contributed by atoms with Crippen molar-refractivity contribution in [3.63, 3.8) is 0 Å². The maximum atomic E-state index is 13.3. The number of rotatable bonds is 2. The van der Waals surface area contributed by atoms with Crippen molar-refractivity contribution in [2.24, 2.45) is 0 Å². The molecule has 0 aliphatic rings. The van der Waals surface area contributed by atoms with Crippen molar-refractivity contribution in [2.75, 3.05) is 0 Å². The predicted molar refractivity (Wildman–Crippen MR) is 118 cm³/mol. The van der Waals surface area contributed by atoms with E-state index >= 15 is 0 Å². The summed E-state index contributed by atoms with van der Waals surface area (Å²) in [5.74, 6) is -0.345. The van der Waals surface area contributed by atoms with Crippen molar-refractivity contribution in [1.82, 2.24) is 0 Å². The van der Waals surface area contributed by atoms with E-state index in [1.807, 2.05) is 72.8 Å². The van der Waals surface area contributed by atoms with E-state index in [4.69, 9.17) is 0 Å². The van der Waals surface area contributed by atoms with Gasteiger partial charge in [-0.15, -0.1) is 0 Å². The van der Waals surface area contributed by atoms with E-state index in [2.05, 4.69) is 28.4 Å². The number of hydrogen-bond acceptors (Lipinski definition) is 0.